The second kappa shape index (κ2) is 26.4. The summed E-state index contributed by atoms with van der Waals surface area (Å²) in [5.41, 5.74) is 2.61. The number of rotatable bonds is 25. The van der Waals surface area contributed by atoms with Crippen LogP contribution in [0.4, 0.5) is 0 Å². The average molecular weight is 867 g/mol. The smallest absolute Gasteiger partial charge is 0.305 e. The maximum atomic E-state index is 12.6. The van der Waals surface area contributed by atoms with Gasteiger partial charge in [0.15, 0.2) is 24.8 Å². The first-order valence-corrected chi connectivity index (χ1v) is 21.4. The molecule has 3 aromatic carbocycles. The number of carbonyl (C=O) groups excluding carboxylic acids is 3. The Morgan fingerprint density at radius 1 is 0.581 bits per heavy atom. The van der Waals surface area contributed by atoms with Crippen LogP contribution in [-0.4, -0.2) is 116 Å². The molecule has 2 aliphatic heterocycles. The SMILES string of the molecule is COC(=O)CCCCCCCCO[C@H]1O[C@H](CO)[C@@H](O)[C@H](OC(C)=O)[C@H]1O[C@@H]1O[C@H](COC(C)=O)[C@@H](OCc2ccccc2)[C@H](OCc2ccccc2)[C@H]1OCc1ccccc1. The number of aliphatic hydroxyl groups excluding tert-OH is 2. The average Bonchev–Trinajstić information content (AvgIpc) is 3.28. The van der Waals surface area contributed by atoms with Gasteiger partial charge in [-0.3, -0.25) is 14.4 Å². The van der Waals surface area contributed by atoms with Gasteiger partial charge in [-0.25, -0.2) is 0 Å². The molecule has 15 nitrogen and oxygen atoms in total. The van der Waals surface area contributed by atoms with Crippen molar-refractivity contribution in [3.05, 3.63) is 108 Å². The van der Waals surface area contributed by atoms with Crippen LogP contribution in [0.2, 0.25) is 0 Å². The minimum absolute atomic E-state index is 0.103. The van der Waals surface area contributed by atoms with Gasteiger partial charge in [-0.2, -0.15) is 0 Å². The lowest BCUT2D eigenvalue weighted by atomic mass is 9.96. The molecule has 3 aromatic rings. The highest BCUT2D eigenvalue weighted by atomic mass is 16.8. The zero-order valence-corrected chi connectivity index (χ0v) is 35.8. The van der Waals surface area contributed by atoms with Crippen LogP contribution >= 0.6 is 0 Å². The van der Waals surface area contributed by atoms with Crippen molar-refractivity contribution in [2.45, 2.75) is 140 Å². The van der Waals surface area contributed by atoms with E-state index in [9.17, 15) is 24.6 Å². The molecule has 0 radical (unpaired) electrons. The Balaban J connectivity index is 1.45. The van der Waals surface area contributed by atoms with Gasteiger partial charge in [-0.05, 0) is 29.5 Å². The highest BCUT2D eigenvalue weighted by Gasteiger charge is 2.54. The van der Waals surface area contributed by atoms with Crippen molar-refractivity contribution >= 4 is 17.9 Å². The Morgan fingerprint density at radius 2 is 1.10 bits per heavy atom. The Kier molecular flexibility index (Phi) is 20.7. The summed E-state index contributed by atoms with van der Waals surface area (Å²) in [5, 5.41) is 21.7. The second-order valence-corrected chi connectivity index (χ2v) is 15.3. The number of hydrogen-bond acceptors (Lipinski definition) is 15. The van der Waals surface area contributed by atoms with Gasteiger partial charge < -0.3 is 57.6 Å². The molecule has 0 unspecified atom stereocenters. The molecule has 2 aliphatic rings. The van der Waals surface area contributed by atoms with Crippen molar-refractivity contribution in [2.75, 3.05) is 26.9 Å². The Morgan fingerprint density at radius 3 is 1.63 bits per heavy atom. The summed E-state index contributed by atoms with van der Waals surface area (Å²) in [6.07, 6.45) is -6.46. The van der Waals surface area contributed by atoms with Crippen LogP contribution in [0.1, 0.15) is 75.5 Å². The zero-order valence-electron chi connectivity index (χ0n) is 35.8. The molecule has 0 bridgehead atoms. The lowest BCUT2D eigenvalue weighted by molar-refractivity contribution is -0.377. The Bertz CT molecular complexity index is 1730. The number of hydrogen-bond donors (Lipinski definition) is 2. The molecule has 2 fully saturated rings. The van der Waals surface area contributed by atoms with Crippen LogP contribution in [0.5, 0.6) is 0 Å². The first-order chi connectivity index (χ1) is 30.2. The summed E-state index contributed by atoms with van der Waals surface area (Å²) in [6.45, 7) is 2.28. The fraction of sp³-hybridized carbons (Fsp3) is 0.553. The van der Waals surface area contributed by atoms with E-state index in [0.717, 1.165) is 48.8 Å². The molecule has 62 heavy (non-hydrogen) atoms. The second-order valence-electron chi connectivity index (χ2n) is 15.3. The van der Waals surface area contributed by atoms with Crippen LogP contribution < -0.4 is 0 Å². The monoisotopic (exact) mass is 866 g/mol. The van der Waals surface area contributed by atoms with Crippen molar-refractivity contribution in [3.8, 4) is 0 Å². The fourth-order valence-electron chi connectivity index (χ4n) is 7.37. The van der Waals surface area contributed by atoms with Gasteiger partial charge in [0.1, 0.15) is 43.2 Å². The van der Waals surface area contributed by atoms with E-state index in [-0.39, 0.29) is 39.0 Å². The van der Waals surface area contributed by atoms with E-state index in [1.807, 2.05) is 91.0 Å². The lowest BCUT2D eigenvalue weighted by Crippen LogP contribution is -2.66. The summed E-state index contributed by atoms with van der Waals surface area (Å²) in [7, 11) is 1.38. The van der Waals surface area contributed by atoms with Crippen LogP contribution in [0.3, 0.4) is 0 Å². The quantitative estimate of drug-likeness (QED) is 0.0631. The van der Waals surface area contributed by atoms with E-state index in [0.29, 0.717) is 12.8 Å². The topological polar surface area (TPSA) is 184 Å². The summed E-state index contributed by atoms with van der Waals surface area (Å²) in [4.78, 5) is 36.3. The number of benzene rings is 3. The molecular formula is C47H62O15. The number of unbranched alkanes of at least 4 members (excludes halogenated alkanes) is 5. The molecular weight excluding hydrogens is 805 g/mol. The van der Waals surface area contributed by atoms with Gasteiger partial charge in [0.25, 0.3) is 0 Å². The molecule has 0 saturated carbocycles. The van der Waals surface area contributed by atoms with E-state index in [4.69, 9.17) is 47.4 Å². The first-order valence-electron chi connectivity index (χ1n) is 21.4. The molecule has 15 heteroatoms. The fourth-order valence-corrected chi connectivity index (χ4v) is 7.37. The number of esters is 3. The summed E-state index contributed by atoms with van der Waals surface area (Å²) in [5.74, 6) is -1.47. The van der Waals surface area contributed by atoms with Gasteiger partial charge in [0.05, 0.1) is 33.5 Å². The molecule has 0 aliphatic carbocycles. The lowest BCUT2D eigenvalue weighted by Gasteiger charge is -2.49. The van der Waals surface area contributed by atoms with Gasteiger partial charge in [-0.15, -0.1) is 0 Å². The van der Waals surface area contributed by atoms with Crippen LogP contribution in [0.25, 0.3) is 0 Å². The van der Waals surface area contributed by atoms with E-state index in [1.165, 1.54) is 21.0 Å². The molecule has 0 amide bonds. The van der Waals surface area contributed by atoms with Crippen LogP contribution in [0.15, 0.2) is 91.0 Å². The van der Waals surface area contributed by atoms with Crippen LogP contribution in [-0.2, 0) is 81.6 Å². The first kappa shape index (κ1) is 48.7. The van der Waals surface area contributed by atoms with Crippen LogP contribution in [0, 0.1) is 0 Å². The van der Waals surface area contributed by atoms with E-state index < -0.39 is 80.0 Å². The van der Waals surface area contributed by atoms with Gasteiger partial charge in [0, 0.05) is 26.9 Å². The molecule has 10 atom stereocenters. The van der Waals surface area contributed by atoms with Crippen molar-refractivity contribution < 1.29 is 72.0 Å². The normalized spacial score (nSPS) is 26.1. The largest absolute Gasteiger partial charge is 0.469 e. The predicted octanol–water partition coefficient (Wildman–Crippen LogP) is 5.35. The maximum Gasteiger partial charge on any atom is 0.305 e. The highest BCUT2D eigenvalue weighted by molar-refractivity contribution is 5.69. The minimum atomic E-state index is -1.52. The number of ether oxygens (including phenoxy) is 10. The Labute approximate surface area is 363 Å². The van der Waals surface area contributed by atoms with Crippen molar-refractivity contribution in [1.29, 1.82) is 0 Å². The van der Waals surface area contributed by atoms with Gasteiger partial charge in [-0.1, -0.05) is 117 Å². The summed E-state index contributed by atoms with van der Waals surface area (Å²) in [6, 6.07) is 28.7. The number of carbonyl (C=O) groups is 3. The third-order valence-corrected chi connectivity index (χ3v) is 10.6. The molecule has 0 spiro atoms. The van der Waals surface area contributed by atoms with Gasteiger partial charge in [0.2, 0.25) is 0 Å². The highest BCUT2D eigenvalue weighted by Crippen LogP contribution is 2.35. The van der Waals surface area contributed by atoms with Crippen molar-refractivity contribution in [3.63, 3.8) is 0 Å². The molecule has 5 rings (SSSR count). The number of methoxy groups -OCH3 is 1. The van der Waals surface area contributed by atoms with Gasteiger partial charge >= 0.3 is 17.9 Å². The third kappa shape index (κ3) is 15.5. The van der Waals surface area contributed by atoms with E-state index in [2.05, 4.69) is 0 Å². The summed E-state index contributed by atoms with van der Waals surface area (Å²) >= 11 is 0. The van der Waals surface area contributed by atoms with E-state index >= 15 is 0 Å². The number of aliphatic hydroxyl groups is 2. The third-order valence-electron chi connectivity index (χ3n) is 10.6. The Hall–Kier alpha value is -4.29. The summed E-state index contributed by atoms with van der Waals surface area (Å²) < 4.78 is 61.8. The molecule has 340 valence electrons. The van der Waals surface area contributed by atoms with Crippen molar-refractivity contribution in [2.24, 2.45) is 0 Å². The molecule has 2 saturated heterocycles. The molecule has 2 heterocycles. The van der Waals surface area contributed by atoms with E-state index in [1.54, 1.807) is 0 Å². The van der Waals surface area contributed by atoms with Crippen molar-refractivity contribution in [1.82, 2.24) is 0 Å². The minimum Gasteiger partial charge on any atom is -0.469 e. The predicted molar refractivity (Wildman–Crippen MR) is 223 cm³/mol. The maximum absolute atomic E-state index is 12.6. The standard InChI is InChI=1S/C47H62O15/c1-32(49)55-31-38-41(56-28-34-19-11-8-12-20-34)43(57-29-35-21-13-9-14-22-35)44(58-30-36-23-15-10-16-24-36)47(61-38)62-45-42(59-33(2)50)40(52)37(27-48)60-46(45)54-26-18-7-5-4-6-17-25-39(51)53-3/h8-16,19-24,37-38,40-48,52H,4-7,17-18,25-31H2,1-3H3/t37-,38-,40-,41-,42+,43+,44-,45-,46+,47+/m1/s1. The zero-order chi connectivity index (χ0) is 44.1. The molecule has 0 aromatic heterocycles. The molecule has 2 N–H and O–H groups in total.